The van der Waals surface area contributed by atoms with Crippen molar-refractivity contribution < 1.29 is 0 Å². The van der Waals surface area contributed by atoms with Crippen molar-refractivity contribution in [2.24, 2.45) is 5.73 Å². The lowest BCUT2D eigenvalue weighted by atomic mass is 9.98. The van der Waals surface area contributed by atoms with Crippen molar-refractivity contribution in [2.45, 2.75) is 6.04 Å². The Labute approximate surface area is 115 Å². The summed E-state index contributed by atoms with van der Waals surface area (Å²) in [5, 5.41) is 25.6. The molecule has 6 nitrogen and oxygen atoms in total. The third kappa shape index (κ3) is 1.60. The minimum Gasteiger partial charge on any atom is -0.383 e. The Bertz CT molecular complexity index is 772. The Morgan fingerprint density at radius 1 is 1.20 bits per heavy atom. The van der Waals surface area contributed by atoms with Crippen molar-refractivity contribution >= 4 is 11.6 Å². The molecule has 1 aliphatic rings. The van der Waals surface area contributed by atoms with E-state index in [4.69, 9.17) is 11.0 Å². The molecular weight excluding hydrogens is 252 g/mol. The average Bonchev–Trinajstić information content (AvgIpc) is 2.91. The zero-order valence-electron chi connectivity index (χ0n) is 10.4. The number of aromatic nitrogens is 2. The second-order valence-corrected chi connectivity index (χ2v) is 4.33. The van der Waals surface area contributed by atoms with Crippen molar-refractivity contribution in [3.05, 3.63) is 53.2 Å². The standard InChI is InChI=1S/C14H10N6/c15-6-10-8-18-20-13(17)11(7-16)12(19-14(10)20)9-4-2-1-3-5-9/h1-5,8,12,19H,17H2/t12-/m0/s1. The summed E-state index contributed by atoms with van der Waals surface area (Å²) in [5.41, 5.74) is 7.69. The van der Waals surface area contributed by atoms with E-state index in [9.17, 15) is 5.26 Å². The van der Waals surface area contributed by atoms with Gasteiger partial charge in [0.25, 0.3) is 0 Å². The molecule has 0 aliphatic carbocycles. The van der Waals surface area contributed by atoms with E-state index in [-0.39, 0.29) is 11.9 Å². The van der Waals surface area contributed by atoms with E-state index in [2.05, 4.69) is 22.6 Å². The molecular formula is C14H10N6. The number of hydrogen-bond donors (Lipinski definition) is 2. The first-order chi connectivity index (χ1) is 9.76. The highest BCUT2D eigenvalue weighted by atomic mass is 15.4. The number of anilines is 1. The van der Waals surface area contributed by atoms with Gasteiger partial charge in [0.2, 0.25) is 0 Å². The largest absolute Gasteiger partial charge is 0.383 e. The van der Waals surface area contributed by atoms with Crippen LogP contribution < -0.4 is 11.1 Å². The van der Waals surface area contributed by atoms with Gasteiger partial charge in [-0.3, -0.25) is 0 Å². The molecule has 0 spiro atoms. The van der Waals surface area contributed by atoms with Crippen LogP contribution in [0.1, 0.15) is 17.2 Å². The molecule has 0 amide bonds. The lowest BCUT2D eigenvalue weighted by molar-refractivity contribution is 0.799. The maximum absolute atomic E-state index is 9.35. The van der Waals surface area contributed by atoms with Gasteiger partial charge in [-0.25, -0.2) is 0 Å². The molecule has 0 unspecified atom stereocenters. The molecule has 3 rings (SSSR count). The van der Waals surface area contributed by atoms with Crippen LogP contribution in [0.25, 0.3) is 5.82 Å². The molecule has 0 radical (unpaired) electrons. The van der Waals surface area contributed by atoms with Gasteiger partial charge in [0.1, 0.15) is 29.3 Å². The second kappa shape index (κ2) is 4.45. The highest BCUT2D eigenvalue weighted by molar-refractivity contribution is 5.70. The van der Waals surface area contributed by atoms with E-state index in [1.54, 1.807) is 0 Å². The number of benzene rings is 1. The van der Waals surface area contributed by atoms with Crippen LogP contribution in [0.4, 0.5) is 5.82 Å². The van der Waals surface area contributed by atoms with Gasteiger partial charge in [-0.15, -0.1) is 0 Å². The minimum atomic E-state index is -0.377. The smallest absolute Gasteiger partial charge is 0.150 e. The molecule has 3 N–H and O–H groups in total. The van der Waals surface area contributed by atoms with Crippen LogP contribution in [0.2, 0.25) is 0 Å². The van der Waals surface area contributed by atoms with E-state index >= 15 is 0 Å². The second-order valence-electron chi connectivity index (χ2n) is 4.33. The number of nitrogens with two attached hydrogens (primary N) is 1. The normalized spacial score (nSPS) is 16.8. The zero-order chi connectivity index (χ0) is 14.1. The van der Waals surface area contributed by atoms with Gasteiger partial charge in [0.05, 0.1) is 17.8 Å². The van der Waals surface area contributed by atoms with Gasteiger partial charge in [0, 0.05) is 0 Å². The molecule has 0 fully saturated rings. The molecule has 0 bridgehead atoms. The first-order valence-corrected chi connectivity index (χ1v) is 5.96. The fraction of sp³-hybridized carbons (Fsp3) is 0.0714. The Morgan fingerprint density at radius 2 is 1.95 bits per heavy atom. The zero-order valence-corrected chi connectivity index (χ0v) is 10.4. The van der Waals surface area contributed by atoms with Crippen LogP contribution in [0.15, 0.2) is 42.1 Å². The first-order valence-electron chi connectivity index (χ1n) is 5.96. The molecule has 2 aromatic rings. The summed E-state index contributed by atoms with van der Waals surface area (Å²) >= 11 is 0. The summed E-state index contributed by atoms with van der Waals surface area (Å²) < 4.78 is 1.39. The van der Waals surface area contributed by atoms with Crippen LogP contribution in [0, 0.1) is 22.7 Å². The van der Waals surface area contributed by atoms with Crippen molar-refractivity contribution in [3.63, 3.8) is 0 Å². The SMILES string of the molecule is N#CC1=C(N)n2ncc(C#N)c2N[C@H]1c1ccccc1. The van der Waals surface area contributed by atoms with Gasteiger partial charge in [0.15, 0.2) is 0 Å². The molecule has 1 aliphatic heterocycles. The van der Waals surface area contributed by atoms with Crippen LogP contribution in [-0.2, 0) is 0 Å². The summed E-state index contributed by atoms with van der Waals surface area (Å²) in [6.45, 7) is 0. The third-order valence-electron chi connectivity index (χ3n) is 3.22. The van der Waals surface area contributed by atoms with Crippen LogP contribution in [0.5, 0.6) is 0 Å². The van der Waals surface area contributed by atoms with Crippen molar-refractivity contribution in [1.29, 1.82) is 10.5 Å². The number of nitrogens with one attached hydrogen (secondary N) is 1. The fourth-order valence-corrected chi connectivity index (χ4v) is 2.24. The molecule has 1 aromatic heterocycles. The topological polar surface area (TPSA) is 103 Å². The predicted octanol–water partition coefficient (Wildman–Crippen LogP) is 1.57. The molecule has 1 aromatic carbocycles. The summed E-state index contributed by atoms with van der Waals surface area (Å²) in [6, 6.07) is 13.3. The van der Waals surface area contributed by atoms with Gasteiger partial charge >= 0.3 is 0 Å². The maximum Gasteiger partial charge on any atom is 0.150 e. The quantitative estimate of drug-likeness (QED) is 0.811. The maximum atomic E-state index is 9.35. The van der Waals surface area contributed by atoms with E-state index in [0.29, 0.717) is 17.0 Å². The van der Waals surface area contributed by atoms with Crippen molar-refractivity contribution in [1.82, 2.24) is 9.78 Å². The third-order valence-corrected chi connectivity index (χ3v) is 3.22. The molecule has 0 saturated heterocycles. The minimum absolute atomic E-state index is 0.247. The molecule has 2 heterocycles. The summed E-state index contributed by atoms with van der Waals surface area (Å²) in [5.74, 6) is 0.759. The van der Waals surface area contributed by atoms with Crippen molar-refractivity contribution in [2.75, 3.05) is 5.32 Å². The van der Waals surface area contributed by atoms with Gasteiger partial charge in [-0.05, 0) is 5.56 Å². The summed E-state index contributed by atoms with van der Waals surface area (Å²) in [6.07, 6.45) is 1.43. The Morgan fingerprint density at radius 3 is 2.60 bits per heavy atom. The van der Waals surface area contributed by atoms with E-state index in [1.165, 1.54) is 10.9 Å². The van der Waals surface area contributed by atoms with Gasteiger partial charge in [-0.1, -0.05) is 30.3 Å². The number of hydrogen-bond acceptors (Lipinski definition) is 5. The lowest BCUT2D eigenvalue weighted by Crippen LogP contribution is -2.27. The Kier molecular flexibility index (Phi) is 2.63. The molecule has 1 atom stereocenters. The van der Waals surface area contributed by atoms with E-state index in [0.717, 1.165) is 5.56 Å². The van der Waals surface area contributed by atoms with Crippen LogP contribution in [0.3, 0.4) is 0 Å². The summed E-state index contributed by atoms with van der Waals surface area (Å²) in [7, 11) is 0. The van der Waals surface area contributed by atoms with E-state index in [1.807, 2.05) is 30.3 Å². The van der Waals surface area contributed by atoms with Crippen LogP contribution in [-0.4, -0.2) is 9.78 Å². The van der Waals surface area contributed by atoms with Crippen molar-refractivity contribution in [3.8, 4) is 12.1 Å². The fourth-order valence-electron chi connectivity index (χ4n) is 2.24. The molecule has 20 heavy (non-hydrogen) atoms. The average molecular weight is 262 g/mol. The van der Waals surface area contributed by atoms with Gasteiger partial charge in [-0.2, -0.15) is 20.3 Å². The number of nitrogens with zero attached hydrogens (tertiary/aromatic N) is 4. The lowest BCUT2D eigenvalue weighted by Gasteiger charge is -2.26. The highest BCUT2D eigenvalue weighted by Gasteiger charge is 2.29. The monoisotopic (exact) mass is 262 g/mol. The van der Waals surface area contributed by atoms with Gasteiger partial charge < -0.3 is 11.1 Å². The highest BCUT2D eigenvalue weighted by Crippen LogP contribution is 2.34. The Hall–Kier alpha value is -3.25. The summed E-state index contributed by atoms with van der Waals surface area (Å²) in [4.78, 5) is 0. The number of rotatable bonds is 1. The molecule has 6 heteroatoms. The first kappa shape index (κ1) is 11.8. The number of fused-ring (bicyclic) bond motifs is 1. The van der Waals surface area contributed by atoms with E-state index < -0.39 is 0 Å². The molecule has 96 valence electrons. The van der Waals surface area contributed by atoms with Crippen LogP contribution >= 0.6 is 0 Å². The molecule has 0 saturated carbocycles. The number of nitriles is 2. The Balaban J connectivity index is 2.18. The predicted molar refractivity (Wildman–Crippen MR) is 72.8 cm³/mol.